The fourth-order valence-corrected chi connectivity index (χ4v) is 3.20. The first kappa shape index (κ1) is 19.7. The van der Waals surface area contributed by atoms with E-state index in [1.165, 1.54) is 0 Å². The first-order valence-electron chi connectivity index (χ1n) is 9.16. The number of carbonyl (C=O) groups is 2. The van der Waals surface area contributed by atoms with Crippen LogP contribution in [-0.2, 0) is 22.6 Å². The van der Waals surface area contributed by atoms with Crippen molar-refractivity contribution in [1.29, 1.82) is 0 Å². The Hall–Kier alpha value is -1.60. The van der Waals surface area contributed by atoms with Gasteiger partial charge in [-0.05, 0) is 66.3 Å². The summed E-state index contributed by atoms with van der Waals surface area (Å²) in [6.45, 7) is 6.41. The fraction of sp³-hybridized carbons (Fsp3) is 0.778. The van der Waals surface area contributed by atoms with Gasteiger partial charge in [-0.2, -0.15) is 0 Å². The van der Waals surface area contributed by atoms with Gasteiger partial charge >= 0.3 is 0 Å². The maximum atomic E-state index is 12.8. The second-order valence-electron chi connectivity index (χ2n) is 7.53. The smallest absolute Gasteiger partial charge is 0.166 e. The van der Waals surface area contributed by atoms with Gasteiger partial charge in [-0.1, -0.05) is 5.21 Å². The van der Waals surface area contributed by atoms with Gasteiger partial charge in [0.1, 0.15) is 5.78 Å². The molecule has 1 aromatic heterocycles. The molecule has 0 spiro atoms. The molecule has 1 aliphatic heterocycles. The van der Waals surface area contributed by atoms with Gasteiger partial charge in [0.25, 0.3) is 0 Å². The van der Waals surface area contributed by atoms with Gasteiger partial charge in [-0.15, -0.1) is 5.10 Å². The molecule has 1 aliphatic rings. The predicted octanol–water partition coefficient (Wildman–Crippen LogP) is 1.27. The van der Waals surface area contributed by atoms with Crippen LogP contribution in [0.15, 0.2) is 6.20 Å². The van der Waals surface area contributed by atoms with E-state index >= 15 is 0 Å². The lowest BCUT2D eigenvalue weighted by atomic mass is 9.87. The SMILES string of the molecule is CN[C@@]1(C)CCCCn2cc(nn2)CCC[C@@](C)(C(C)=O)NCC1=O. The number of ketones is 2. The molecular weight excluding hydrogens is 318 g/mol. The number of hydrogen-bond donors (Lipinski definition) is 2. The fourth-order valence-electron chi connectivity index (χ4n) is 3.20. The zero-order valence-corrected chi connectivity index (χ0v) is 15.9. The molecule has 7 heteroatoms. The van der Waals surface area contributed by atoms with Crippen LogP contribution < -0.4 is 10.6 Å². The van der Waals surface area contributed by atoms with E-state index in [-0.39, 0.29) is 18.1 Å². The molecule has 2 bridgehead atoms. The lowest BCUT2D eigenvalue weighted by Crippen LogP contribution is -2.56. The minimum absolute atomic E-state index is 0.0550. The number of nitrogens with zero attached hydrogens (tertiary/aromatic N) is 3. The standard InChI is InChI=1S/C18H31N5O2/c1-14(24)17(2)10-7-8-15-13-23(22-21-15)11-6-5-9-18(3,19-4)16(25)12-20-17/h13,19-20H,5-12H2,1-4H3/t17-,18-/m0/s1. The highest BCUT2D eigenvalue weighted by Crippen LogP contribution is 2.19. The molecule has 1 aromatic rings. The Morgan fingerprint density at radius 1 is 1.28 bits per heavy atom. The second-order valence-corrected chi connectivity index (χ2v) is 7.53. The van der Waals surface area contributed by atoms with Crippen molar-refractivity contribution >= 4 is 11.6 Å². The zero-order chi connectivity index (χ0) is 18.5. The van der Waals surface area contributed by atoms with Crippen LogP contribution in [0.2, 0.25) is 0 Å². The summed E-state index contributed by atoms with van der Waals surface area (Å²) in [5, 5.41) is 14.8. The van der Waals surface area contributed by atoms with E-state index in [2.05, 4.69) is 20.9 Å². The van der Waals surface area contributed by atoms with Crippen molar-refractivity contribution in [2.75, 3.05) is 13.6 Å². The third kappa shape index (κ3) is 4.95. The number of aryl methyl sites for hydroxylation is 2. The van der Waals surface area contributed by atoms with E-state index in [0.717, 1.165) is 44.3 Å². The van der Waals surface area contributed by atoms with E-state index in [0.29, 0.717) is 6.42 Å². The summed E-state index contributed by atoms with van der Waals surface area (Å²) in [4.78, 5) is 24.9. The van der Waals surface area contributed by atoms with Crippen LogP contribution in [-0.4, -0.2) is 51.2 Å². The highest BCUT2D eigenvalue weighted by atomic mass is 16.1. The Labute approximate surface area is 149 Å². The van der Waals surface area contributed by atoms with E-state index in [9.17, 15) is 9.59 Å². The Morgan fingerprint density at radius 3 is 2.72 bits per heavy atom. The summed E-state index contributed by atoms with van der Waals surface area (Å²) < 4.78 is 1.87. The molecule has 2 heterocycles. The number of rotatable bonds is 2. The second kappa shape index (κ2) is 8.19. The van der Waals surface area contributed by atoms with Crippen molar-refractivity contribution in [2.45, 2.75) is 76.9 Å². The number of fused-ring (bicyclic) bond motifs is 2. The molecule has 25 heavy (non-hydrogen) atoms. The van der Waals surface area contributed by atoms with E-state index in [1.807, 2.05) is 31.8 Å². The normalized spacial score (nSPS) is 29.7. The Morgan fingerprint density at radius 2 is 2.04 bits per heavy atom. The first-order chi connectivity index (χ1) is 11.8. The molecule has 0 aliphatic carbocycles. The molecule has 0 aromatic carbocycles. The molecule has 0 saturated carbocycles. The molecule has 0 amide bonds. The van der Waals surface area contributed by atoms with Gasteiger partial charge in [0.15, 0.2) is 5.78 Å². The summed E-state index contributed by atoms with van der Waals surface area (Å²) in [5.74, 6) is 0.152. The van der Waals surface area contributed by atoms with Crippen LogP contribution in [0.1, 0.15) is 58.6 Å². The van der Waals surface area contributed by atoms with Crippen LogP contribution in [0, 0.1) is 0 Å². The average Bonchev–Trinajstić information content (AvgIpc) is 3.03. The van der Waals surface area contributed by atoms with Crippen LogP contribution in [0.4, 0.5) is 0 Å². The number of likely N-dealkylation sites (N-methyl/N-ethyl adjacent to an activating group) is 1. The van der Waals surface area contributed by atoms with E-state index in [1.54, 1.807) is 6.92 Å². The lowest BCUT2D eigenvalue weighted by Gasteiger charge is -2.32. The van der Waals surface area contributed by atoms with Crippen LogP contribution in [0.5, 0.6) is 0 Å². The largest absolute Gasteiger partial charge is 0.308 e. The summed E-state index contributed by atoms with van der Waals surface area (Å²) in [6.07, 6.45) is 6.88. The molecule has 0 fully saturated rings. The Kier molecular flexibility index (Phi) is 6.46. The predicted molar refractivity (Wildman–Crippen MR) is 96.4 cm³/mol. The van der Waals surface area contributed by atoms with Crippen LogP contribution in [0.3, 0.4) is 0 Å². The monoisotopic (exact) mass is 349 g/mol. The minimum atomic E-state index is -0.694. The molecule has 7 nitrogen and oxygen atoms in total. The van der Waals surface area contributed by atoms with Gasteiger partial charge in [0.05, 0.1) is 23.3 Å². The molecule has 2 rings (SSSR count). The molecule has 0 radical (unpaired) electrons. The van der Waals surface area contributed by atoms with E-state index in [4.69, 9.17) is 0 Å². The van der Waals surface area contributed by atoms with Gasteiger partial charge < -0.3 is 5.32 Å². The van der Waals surface area contributed by atoms with Crippen molar-refractivity contribution in [3.63, 3.8) is 0 Å². The number of nitrogens with one attached hydrogen (secondary N) is 2. The first-order valence-corrected chi connectivity index (χ1v) is 9.16. The minimum Gasteiger partial charge on any atom is -0.308 e. The molecule has 2 N–H and O–H groups in total. The average molecular weight is 349 g/mol. The Balaban J connectivity index is 2.18. The maximum absolute atomic E-state index is 12.8. The lowest BCUT2D eigenvalue weighted by molar-refractivity contribution is -0.126. The van der Waals surface area contributed by atoms with E-state index < -0.39 is 11.1 Å². The zero-order valence-electron chi connectivity index (χ0n) is 15.9. The van der Waals surface area contributed by atoms with Crippen LogP contribution >= 0.6 is 0 Å². The molecule has 0 unspecified atom stereocenters. The van der Waals surface area contributed by atoms with Gasteiger partial charge in [0, 0.05) is 12.7 Å². The topological polar surface area (TPSA) is 88.9 Å². The van der Waals surface area contributed by atoms with Crippen molar-refractivity contribution in [3.8, 4) is 0 Å². The summed E-state index contributed by atoms with van der Waals surface area (Å²) in [5.41, 5.74) is -0.323. The third-order valence-corrected chi connectivity index (χ3v) is 5.59. The third-order valence-electron chi connectivity index (χ3n) is 5.59. The van der Waals surface area contributed by atoms with Crippen molar-refractivity contribution < 1.29 is 9.59 Å². The molecule has 0 saturated heterocycles. The number of aromatic nitrogens is 3. The summed E-state index contributed by atoms with van der Waals surface area (Å²) in [7, 11) is 1.82. The molecular formula is C18H31N5O2. The highest BCUT2D eigenvalue weighted by Gasteiger charge is 2.34. The summed E-state index contributed by atoms with van der Waals surface area (Å²) in [6, 6.07) is 0. The van der Waals surface area contributed by atoms with Gasteiger partial charge in [0.2, 0.25) is 0 Å². The maximum Gasteiger partial charge on any atom is 0.166 e. The number of hydrogen-bond acceptors (Lipinski definition) is 6. The van der Waals surface area contributed by atoms with Gasteiger partial charge in [-0.25, -0.2) is 0 Å². The van der Waals surface area contributed by atoms with Crippen LogP contribution in [0.25, 0.3) is 0 Å². The highest BCUT2D eigenvalue weighted by molar-refractivity contribution is 5.91. The van der Waals surface area contributed by atoms with Crippen molar-refractivity contribution in [2.24, 2.45) is 0 Å². The van der Waals surface area contributed by atoms with Crippen molar-refractivity contribution in [1.82, 2.24) is 25.6 Å². The number of carbonyl (C=O) groups excluding carboxylic acids is 2. The molecule has 2 atom stereocenters. The van der Waals surface area contributed by atoms with Crippen molar-refractivity contribution in [3.05, 3.63) is 11.9 Å². The van der Waals surface area contributed by atoms with Gasteiger partial charge in [-0.3, -0.25) is 19.6 Å². The quantitative estimate of drug-likeness (QED) is 0.836. The summed E-state index contributed by atoms with van der Waals surface area (Å²) >= 11 is 0. The number of Topliss-reactive ketones (excluding diaryl/α,β-unsaturated/α-hetero) is 2. The molecule has 140 valence electrons. The Bertz CT molecular complexity index is 614.